The quantitative estimate of drug-likeness (QED) is 0.722. The van der Waals surface area contributed by atoms with Crippen LogP contribution in [0.1, 0.15) is 52.7 Å². The number of benzene rings is 1. The van der Waals surface area contributed by atoms with Gasteiger partial charge in [0.25, 0.3) is 0 Å². The predicted octanol–water partition coefficient (Wildman–Crippen LogP) is 4.91. The van der Waals surface area contributed by atoms with E-state index < -0.39 is 30.1 Å². The van der Waals surface area contributed by atoms with Gasteiger partial charge in [0.1, 0.15) is 0 Å². The fraction of sp³-hybridized carbons (Fsp3) is 0.625. The van der Waals surface area contributed by atoms with Gasteiger partial charge in [-0.15, -0.1) is 0 Å². The number of hydrogen-bond donors (Lipinski definition) is 0. The Bertz CT molecular complexity index is 465. The van der Waals surface area contributed by atoms with E-state index in [0.29, 0.717) is 6.32 Å². The molecule has 2 nitrogen and oxygen atoms in total. The fourth-order valence-electron chi connectivity index (χ4n) is 2.07. The van der Waals surface area contributed by atoms with E-state index in [1.807, 2.05) is 41.5 Å². The first-order valence-electron chi connectivity index (χ1n) is 7.53. The molecule has 0 aliphatic carbocycles. The van der Waals surface area contributed by atoms with E-state index in [9.17, 15) is 13.2 Å². The number of alkyl halides is 3. The van der Waals surface area contributed by atoms with Gasteiger partial charge in [0.15, 0.2) is 0 Å². The minimum Gasteiger partial charge on any atom is -0.403 e. The molecule has 1 fully saturated rings. The Morgan fingerprint density at radius 1 is 0.909 bits per heavy atom. The topological polar surface area (TPSA) is 18.5 Å². The molecule has 1 saturated heterocycles. The Morgan fingerprint density at radius 2 is 1.32 bits per heavy atom. The van der Waals surface area contributed by atoms with Crippen molar-refractivity contribution in [3.63, 3.8) is 0 Å². The van der Waals surface area contributed by atoms with Crippen molar-refractivity contribution in [2.75, 3.05) is 0 Å². The van der Waals surface area contributed by atoms with Crippen molar-refractivity contribution in [2.24, 2.45) is 0 Å². The van der Waals surface area contributed by atoms with Crippen LogP contribution in [0.2, 0.25) is 0 Å². The van der Waals surface area contributed by atoms with Crippen LogP contribution >= 0.6 is 0 Å². The molecule has 1 aromatic carbocycles. The summed E-state index contributed by atoms with van der Waals surface area (Å²) >= 11 is 0. The lowest BCUT2D eigenvalue weighted by Crippen LogP contribution is -2.41. The second kappa shape index (κ2) is 6.63. The molecule has 0 spiro atoms. The Labute approximate surface area is 131 Å². The second-order valence-electron chi connectivity index (χ2n) is 6.08. The largest absolute Gasteiger partial charge is 0.462 e. The molecule has 2 rings (SSSR count). The molecule has 0 aromatic heterocycles. The van der Waals surface area contributed by atoms with Gasteiger partial charge in [-0.05, 0) is 45.4 Å². The molecule has 124 valence electrons. The Kier molecular flexibility index (Phi) is 5.74. The summed E-state index contributed by atoms with van der Waals surface area (Å²) in [4.78, 5) is 0. The number of halogens is 3. The summed E-state index contributed by atoms with van der Waals surface area (Å²) in [6.07, 6.45) is -3.87. The van der Waals surface area contributed by atoms with E-state index in [1.165, 1.54) is 12.1 Å². The zero-order valence-electron chi connectivity index (χ0n) is 14.0. The van der Waals surface area contributed by atoms with Crippen molar-refractivity contribution < 1.29 is 22.5 Å². The first kappa shape index (κ1) is 19.0. The monoisotopic (exact) mass is 316 g/mol. The molecule has 1 aliphatic heterocycles. The van der Waals surface area contributed by atoms with Crippen molar-refractivity contribution in [1.29, 1.82) is 0 Å². The van der Waals surface area contributed by atoms with Gasteiger partial charge in [0, 0.05) is 6.32 Å². The highest BCUT2D eigenvalue weighted by Crippen LogP contribution is 2.37. The Balaban J connectivity index is 0.00000116. The third-order valence-corrected chi connectivity index (χ3v) is 3.99. The molecule has 1 aromatic rings. The fourth-order valence-corrected chi connectivity index (χ4v) is 2.07. The molecule has 22 heavy (non-hydrogen) atoms. The van der Waals surface area contributed by atoms with E-state index >= 15 is 0 Å². The third-order valence-electron chi connectivity index (χ3n) is 3.99. The van der Waals surface area contributed by atoms with E-state index in [4.69, 9.17) is 9.31 Å². The molecular weight excluding hydrogens is 292 g/mol. The molecule has 0 N–H and O–H groups in total. The highest BCUT2D eigenvalue weighted by atomic mass is 19.4. The van der Waals surface area contributed by atoms with E-state index in [0.717, 1.165) is 17.7 Å². The van der Waals surface area contributed by atoms with Gasteiger partial charge in [-0.25, -0.2) is 0 Å². The van der Waals surface area contributed by atoms with Crippen molar-refractivity contribution >= 4 is 7.12 Å². The van der Waals surface area contributed by atoms with E-state index in [-0.39, 0.29) is 0 Å². The third kappa shape index (κ3) is 4.26. The van der Waals surface area contributed by atoms with Gasteiger partial charge in [0.05, 0.1) is 16.8 Å². The van der Waals surface area contributed by atoms with Gasteiger partial charge in [-0.1, -0.05) is 26.0 Å². The summed E-state index contributed by atoms with van der Waals surface area (Å²) in [5, 5.41) is 0. The maximum Gasteiger partial charge on any atom is 0.462 e. The van der Waals surface area contributed by atoms with Crippen LogP contribution in [-0.4, -0.2) is 18.3 Å². The molecule has 0 radical (unpaired) electrons. The van der Waals surface area contributed by atoms with Crippen LogP contribution in [0.3, 0.4) is 0 Å². The van der Waals surface area contributed by atoms with E-state index in [2.05, 4.69) is 0 Å². The molecule has 0 amide bonds. The zero-order valence-corrected chi connectivity index (χ0v) is 14.0. The Morgan fingerprint density at radius 3 is 1.68 bits per heavy atom. The molecule has 0 unspecified atom stereocenters. The summed E-state index contributed by atoms with van der Waals surface area (Å²) in [7, 11) is -0.434. The van der Waals surface area contributed by atoms with Crippen molar-refractivity contribution in [3.8, 4) is 0 Å². The molecule has 1 aliphatic rings. The molecular formula is C16H24BF3O2. The van der Waals surface area contributed by atoms with E-state index in [1.54, 1.807) is 0 Å². The first-order chi connectivity index (χ1) is 10.0. The SMILES string of the molecule is CC.CC1(C)OB(Cc2ccc(C(F)(F)F)cc2)OC1(C)C. The summed E-state index contributed by atoms with van der Waals surface area (Å²) in [6.45, 7) is 11.8. The van der Waals surface area contributed by atoms with Crippen LogP contribution < -0.4 is 0 Å². The van der Waals surface area contributed by atoms with Crippen LogP contribution in [-0.2, 0) is 21.8 Å². The lowest BCUT2D eigenvalue weighted by Gasteiger charge is -2.32. The summed E-state index contributed by atoms with van der Waals surface area (Å²) < 4.78 is 49.1. The van der Waals surface area contributed by atoms with Crippen LogP contribution in [0, 0.1) is 0 Å². The zero-order chi connectivity index (χ0) is 17.2. The minimum atomic E-state index is -4.30. The summed E-state index contributed by atoms with van der Waals surface area (Å²) in [5.74, 6) is 0. The van der Waals surface area contributed by atoms with Gasteiger partial charge >= 0.3 is 13.3 Å². The maximum atomic E-state index is 12.5. The highest BCUT2D eigenvalue weighted by molar-refractivity contribution is 6.45. The van der Waals surface area contributed by atoms with Crippen molar-refractivity contribution in [1.82, 2.24) is 0 Å². The second-order valence-corrected chi connectivity index (χ2v) is 6.08. The van der Waals surface area contributed by atoms with Crippen LogP contribution in [0.5, 0.6) is 0 Å². The normalized spacial score (nSPS) is 19.6. The molecule has 1 heterocycles. The van der Waals surface area contributed by atoms with Crippen LogP contribution in [0.4, 0.5) is 13.2 Å². The Hall–Kier alpha value is -1.01. The smallest absolute Gasteiger partial charge is 0.403 e. The lowest BCUT2D eigenvalue weighted by atomic mass is 9.80. The van der Waals surface area contributed by atoms with Crippen LogP contribution in [0.25, 0.3) is 0 Å². The van der Waals surface area contributed by atoms with Gasteiger partial charge < -0.3 is 9.31 Å². The standard InChI is InChI=1S/C14H18BF3O2.C2H6/c1-12(2)13(3,4)20-15(19-12)9-10-5-7-11(8-6-10)14(16,17)18;1-2/h5-8H,9H2,1-4H3;1-2H3. The van der Waals surface area contributed by atoms with Gasteiger partial charge in [0.2, 0.25) is 0 Å². The minimum absolute atomic E-state index is 0.427. The molecule has 6 heteroatoms. The average Bonchev–Trinajstić information content (AvgIpc) is 2.59. The molecule has 0 atom stereocenters. The maximum absolute atomic E-state index is 12.5. The van der Waals surface area contributed by atoms with Gasteiger partial charge in [-0.3, -0.25) is 0 Å². The van der Waals surface area contributed by atoms with Gasteiger partial charge in [-0.2, -0.15) is 13.2 Å². The first-order valence-corrected chi connectivity index (χ1v) is 7.53. The average molecular weight is 316 g/mol. The predicted molar refractivity (Wildman–Crippen MR) is 82.6 cm³/mol. The summed E-state index contributed by atoms with van der Waals surface area (Å²) in [5.41, 5.74) is -0.737. The number of rotatable bonds is 2. The summed E-state index contributed by atoms with van der Waals surface area (Å²) in [6, 6.07) is 5.10. The van der Waals surface area contributed by atoms with Crippen molar-refractivity contribution in [3.05, 3.63) is 35.4 Å². The molecule has 0 bridgehead atoms. The molecule has 0 saturated carbocycles. The van der Waals surface area contributed by atoms with Crippen molar-refractivity contribution in [2.45, 2.75) is 65.2 Å². The lowest BCUT2D eigenvalue weighted by molar-refractivity contribution is -0.137. The van der Waals surface area contributed by atoms with Crippen LogP contribution in [0.15, 0.2) is 24.3 Å². The highest BCUT2D eigenvalue weighted by Gasteiger charge is 2.50. The number of hydrogen-bond acceptors (Lipinski definition) is 2.